The second-order valence-electron chi connectivity index (χ2n) is 3.52. The minimum Gasteiger partial charge on any atom is -0.455 e. The fourth-order valence-corrected chi connectivity index (χ4v) is 1.97. The summed E-state index contributed by atoms with van der Waals surface area (Å²) in [6.45, 7) is 2.09. The number of aryl methyl sites for hydroxylation is 1. The van der Waals surface area contributed by atoms with Gasteiger partial charge in [0.15, 0.2) is 0 Å². The van der Waals surface area contributed by atoms with E-state index in [2.05, 4.69) is 4.98 Å². The molecule has 1 aromatic carbocycles. The van der Waals surface area contributed by atoms with Gasteiger partial charge in [-0.1, -0.05) is 12.1 Å². The summed E-state index contributed by atoms with van der Waals surface area (Å²) in [6, 6.07) is 6.84. The van der Waals surface area contributed by atoms with Crippen LogP contribution in [0.25, 0.3) is 0 Å². The van der Waals surface area contributed by atoms with Gasteiger partial charge in [-0.15, -0.1) is 11.3 Å². The lowest BCUT2D eigenvalue weighted by molar-refractivity contribution is 0.0469. The van der Waals surface area contributed by atoms with Crippen molar-refractivity contribution in [2.24, 2.45) is 0 Å². The quantitative estimate of drug-likeness (QED) is 0.669. The molecule has 1 heterocycles. The second-order valence-corrected chi connectivity index (χ2v) is 4.58. The number of thiazole rings is 1. The molecule has 1 aromatic heterocycles. The lowest BCUT2D eigenvalue weighted by atomic mass is 10.2. The van der Waals surface area contributed by atoms with Crippen molar-refractivity contribution in [3.8, 4) is 0 Å². The number of benzene rings is 1. The topological polar surface area (TPSA) is 65.2 Å². The summed E-state index contributed by atoms with van der Waals surface area (Å²) in [5.74, 6) is -0.422. The summed E-state index contributed by atoms with van der Waals surface area (Å²) >= 11 is 1.53. The molecule has 0 saturated heterocycles. The summed E-state index contributed by atoms with van der Waals surface area (Å²) in [7, 11) is 0. The Labute approximate surface area is 103 Å². The molecular weight excluding hydrogens is 236 g/mol. The van der Waals surface area contributed by atoms with Crippen LogP contribution in [-0.4, -0.2) is 11.0 Å². The van der Waals surface area contributed by atoms with Crippen LogP contribution in [-0.2, 0) is 11.3 Å². The van der Waals surface area contributed by atoms with Crippen LogP contribution >= 0.6 is 11.3 Å². The smallest absolute Gasteiger partial charge is 0.340 e. The van der Waals surface area contributed by atoms with Gasteiger partial charge in [0.1, 0.15) is 6.61 Å². The largest absolute Gasteiger partial charge is 0.455 e. The fourth-order valence-electron chi connectivity index (χ4n) is 1.37. The lowest BCUT2D eigenvalue weighted by Crippen LogP contribution is -2.08. The Bertz CT molecular complexity index is 537. The van der Waals surface area contributed by atoms with E-state index >= 15 is 0 Å². The first-order valence-corrected chi connectivity index (χ1v) is 5.97. The number of carbonyl (C=O) groups is 1. The molecule has 0 aliphatic carbocycles. The Morgan fingerprint density at radius 3 is 2.88 bits per heavy atom. The second kappa shape index (κ2) is 4.97. The molecule has 0 amide bonds. The van der Waals surface area contributed by atoms with E-state index in [0.29, 0.717) is 11.3 Å². The van der Waals surface area contributed by atoms with Crippen LogP contribution in [0.1, 0.15) is 21.1 Å². The van der Waals surface area contributed by atoms with Crippen LogP contribution in [0.3, 0.4) is 0 Å². The number of nitrogens with two attached hydrogens (primary N) is 1. The summed E-state index contributed by atoms with van der Waals surface area (Å²) in [5, 5.41) is 2.83. The summed E-state index contributed by atoms with van der Waals surface area (Å²) in [5.41, 5.74) is 7.25. The molecule has 2 aromatic rings. The summed E-state index contributed by atoms with van der Waals surface area (Å²) in [6.07, 6.45) is 0. The van der Waals surface area contributed by atoms with Crippen LogP contribution in [0.15, 0.2) is 29.6 Å². The molecule has 2 N–H and O–H groups in total. The van der Waals surface area contributed by atoms with Crippen LogP contribution in [0.5, 0.6) is 0 Å². The van der Waals surface area contributed by atoms with Crippen molar-refractivity contribution < 1.29 is 9.53 Å². The number of anilines is 1. The molecule has 0 saturated carbocycles. The molecule has 0 aliphatic heterocycles. The van der Waals surface area contributed by atoms with E-state index in [-0.39, 0.29) is 6.61 Å². The maximum Gasteiger partial charge on any atom is 0.340 e. The number of carbonyl (C=O) groups excluding carboxylic acids is 1. The van der Waals surface area contributed by atoms with Crippen molar-refractivity contribution in [1.82, 2.24) is 4.98 Å². The average Bonchev–Trinajstić information content (AvgIpc) is 2.73. The molecule has 88 valence electrons. The van der Waals surface area contributed by atoms with Gasteiger partial charge in [-0.2, -0.15) is 0 Å². The predicted octanol–water partition coefficient (Wildman–Crippen LogP) is 2.39. The number of para-hydroxylation sites is 1. The maximum atomic E-state index is 11.7. The molecule has 17 heavy (non-hydrogen) atoms. The number of nitrogens with zero attached hydrogens (tertiary/aromatic N) is 1. The van der Waals surface area contributed by atoms with Gasteiger partial charge in [-0.25, -0.2) is 9.78 Å². The van der Waals surface area contributed by atoms with Crippen LogP contribution in [0.4, 0.5) is 5.69 Å². The Morgan fingerprint density at radius 2 is 2.24 bits per heavy atom. The highest BCUT2D eigenvalue weighted by Crippen LogP contribution is 2.14. The molecular formula is C12H12N2O2S. The summed E-state index contributed by atoms with van der Waals surface area (Å²) < 4.78 is 5.13. The Kier molecular flexibility index (Phi) is 3.39. The summed E-state index contributed by atoms with van der Waals surface area (Å²) in [4.78, 5) is 15.9. The predicted molar refractivity (Wildman–Crippen MR) is 66.8 cm³/mol. The normalized spacial score (nSPS) is 10.2. The van der Waals surface area contributed by atoms with Crippen molar-refractivity contribution in [1.29, 1.82) is 0 Å². The van der Waals surface area contributed by atoms with Gasteiger partial charge < -0.3 is 10.5 Å². The first-order chi connectivity index (χ1) is 8.16. The van der Waals surface area contributed by atoms with Gasteiger partial charge >= 0.3 is 5.97 Å². The SMILES string of the molecule is Cc1nc(COC(=O)c2ccccc2N)cs1. The van der Waals surface area contributed by atoms with Crippen molar-refractivity contribution in [2.45, 2.75) is 13.5 Å². The van der Waals surface area contributed by atoms with Crippen molar-refractivity contribution in [3.05, 3.63) is 45.9 Å². The Morgan fingerprint density at radius 1 is 1.47 bits per heavy atom. The first-order valence-electron chi connectivity index (χ1n) is 5.09. The highest BCUT2D eigenvalue weighted by atomic mass is 32.1. The third-order valence-corrected chi connectivity index (χ3v) is 3.02. The fraction of sp³-hybridized carbons (Fsp3) is 0.167. The maximum absolute atomic E-state index is 11.7. The van der Waals surface area contributed by atoms with Gasteiger partial charge in [0.25, 0.3) is 0 Å². The minimum absolute atomic E-state index is 0.178. The molecule has 5 heteroatoms. The zero-order chi connectivity index (χ0) is 12.3. The molecule has 4 nitrogen and oxygen atoms in total. The van der Waals surface area contributed by atoms with E-state index < -0.39 is 5.97 Å². The first kappa shape index (κ1) is 11.6. The van der Waals surface area contributed by atoms with Gasteiger partial charge in [0.2, 0.25) is 0 Å². The van der Waals surface area contributed by atoms with E-state index in [1.807, 2.05) is 12.3 Å². The number of esters is 1. The Balaban J connectivity index is 2.01. The highest BCUT2D eigenvalue weighted by Gasteiger charge is 2.11. The third-order valence-electron chi connectivity index (χ3n) is 2.20. The zero-order valence-corrected chi connectivity index (χ0v) is 10.2. The van der Waals surface area contributed by atoms with E-state index in [1.165, 1.54) is 11.3 Å². The Hall–Kier alpha value is -1.88. The average molecular weight is 248 g/mol. The van der Waals surface area contributed by atoms with Crippen molar-refractivity contribution in [3.63, 3.8) is 0 Å². The number of ether oxygens (including phenoxy) is 1. The van der Waals surface area contributed by atoms with Crippen molar-refractivity contribution >= 4 is 23.0 Å². The van der Waals surface area contributed by atoms with Crippen LogP contribution < -0.4 is 5.73 Å². The molecule has 0 atom stereocenters. The molecule has 0 radical (unpaired) electrons. The minimum atomic E-state index is -0.422. The molecule has 0 aliphatic rings. The third kappa shape index (κ3) is 2.82. The van der Waals surface area contributed by atoms with Gasteiger partial charge in [-0.3, -0.25) is 0 Å². The van der Waals surface area contributed by atoms with Gasteiger partial charge in [0.05, 0.1) is 16.3 Å². The number of nitrogen functional groups attached to an aromatic ring is 1. The molecule has 0 unspecified atom stereocenters. The van der Waals surface area contributed by atoms with Crippen LogP contribution in [0, 0.1) is 6.92 Å². The van der Waals surface area contributed by atoms with Crippen LogP contribution in [0.2, 0.25) is 0 Å². The standard InChI is InChI=1S/C12H12N2O2S/c1-8-14-9(7-17-8)6-16-12(15)10-4-2-3-5-11(10)13/h2-5,7H,6,13H2,1H3. The number of rotatable bonds is 3. The van der Waals surface area contributed by atoms with Crippen molar-refractivity contribution in [2.75, 3.05) is 5.73 Å². The molecule has 0 bridgehead atoms. The van der Waals surface area contributed by atoms with E-state index in [1.54, 1.807) is 24.3 Å². The monoisotopic (exact) mass is 248 g/mol. The highest BCUT2D eigenvalue weighted by molar-refractivity contribution is 7.09. The van der Waals surface area contributed by atoms with Gasteiger partial charge in [-0.05, 0) is 19.1 Å². The number of hydrogen-bond acceptors (Lipinski definition) is 5. The molecule has 2 rings (SSSR count). The van der Waals surface area contributed by atoms with Gasteiger partial charge in [0, 0.05) is 11.1 Å². The van der Waals surface area contributed by atoms with E-state index in [0.717, 1.165) is 10.7 Å². The number of hydrogen-bond donors (Lipinski definition) is 1. The lowest BCUT2D eigenvalue weighted by Gasteiger charge is -2.05. The van der Waals surface area contributed by atoms with E-state index in [9.17, 15) is 4.79 Å². The zero-order valence-electron chi connectivity index (χ0n) is 9.34. The number of aromatic nitrogens is 1. The van der Waals surface area contributed by atoms with E-state index in [4.69, 9.17) is 10.5 Å². The molecule has 0 spiro atoms. The molecule has 0 fully saturated rings.